The second-order valence-electron chi connectivity index (χ2n) is 8.52. The Morgan fingerprint density at radius 2 is 1.88 bits per heavy atom. The van der Waals surface area contributed by atoms with Crippen molar-refractivity contribution in [2.24, 2.45) is 0 Å². The van der Waals surface area contributed by atoms with Crippen LogP contribution in [-0.2, 0) is 10.2 Å². The number of nitrogens with one attached hydrogen (secondary N) is 3. The van der Waals surface area contributed by atoms with Crippen LogP contribution in [0.25, 0.3) is 0 Å². The Balaban J connectivity index is 1.85. The number of anilines is 2. The van der Waals surface area contributed by atoms with Gasteiger partial charge in [0, 0.05) is 30.9 Å². The summed E-state index contributed by atoms with van der Waals surface area (Å²) < 4.78 is 5.12. The van der Waals surface area contributed by atoms with Gasteiger partial charge in [-0.3, -0.25) is 14.9 Å². The van der Waals surface area contributed by atoms with Crippen molar-refractivity contribution in [3.63, 3.8) is 0 Å². The van der Waals surface area contributed by atoms with Crippen LogP contribution in [0.5, 0.6) is 5.75 Å². The minimum atomic E-state index is -0.567. The first kappa shape index (κ1) is 25.1. The number of hydrogen-bond donors (Lipinski definition) is 3. The molecule has 1 aromatic carbocycles. The molecule has 8 nitrogen and oxygen atoms in total. The van der Waals surface area contributed by atoms with Crippen molar-refractivity contribution in [2.75, 3.05) is 37.4 Å². The van der Waals surface area contributed by atoms with Gasteiger partial charge in [0.1, 0.15) is 15.8 Å². The van der Waals surface area contributed by atoms with Crippen LogP contribution in [-0.4, -0.2) is 49.5 Å². The SMILES string of the molecule is COc1ccc(NC(=O)Nc2sc(C(C)(C)C)cc2C(=O)N2CCNC(=O)CC2)c(Cl)c1Cl. The number of nitrogens with zero attached hydrogens (tertiary/aromatic N) is 1. The van der Waals surface area contributed by atoms with Gasteiger partial charge in [-0.15, -0.1) is 11.3 Å². The fourth-order valence-electron chi connectivity index (χ4n) is 3.20. The highest BCUT2D eigenvalue weighted by Gasteiger charge is 2.28. The van der Waals surface area contributed by atoms with Gasteiger partial charge in [0.05, 0.1) is 23.4 Å². The maximum atomic E-state index is 13.3. The number of benzene rings is 1. The monoisotopic (exact) mass is 512 g/mol. The normalized spacial score (nSPS) is 14.4. The predicted octanol–water partition coefficient (Wildman–Crippen LogP) is 4.97. The van der Waals surface area contributed by atoms with E-state index >= 15 is 0 Å². The Labute approximate surface area is 206 Å². The highest BCUT2D eigenvalue weighted by atomic mass is 35.5. The van der Waals surface area contributed by atoms with E-state index in [1.807, 2.05) is 20.8 Å². The molecule has 0 radical (unpaired) electrons. The van der Waals surface area contributed by atoms with E-state index in [0.717, 1.165) is 4.88 Å². The summed E-state index contributed by atoms with van der Waals surface area (Å²) in [4.78, 5) is 40.3. The molecule has 0 saturated carbocycles. The summed E-state index contributed by atoms with van der Waals surface area (Å²) >= 11 is 13.8. The first-order valence-electron chi connectivity index (χ1n) is 10.3. The summed E-state index contributed by atoms with van der Waals surface area (Å²) in [5, 5.41) is 8.95. The lowest BCUT2D eigenvalue weighted by molar-refractivity contribution is -0.120. The van der Waals surface area contributed by atoms with E-state index < -0.39 is 6.03 Å². The lowest BCUT2D eigenvalue weighted by atomic mass is 9.94. The number of halogens is 2. The number of carbonyl (C=O) groups is 3. The molecule has 1 aliphatic heterocycles. The van der Waals surface area contributed by atoms with E-state index in [4.69, 9.17) is 27.9 Å². The van der Waals surface area contributed by atoms with Gasteiger partial charge in [0.25, 0.3) is 5.91 Å². The summed E-state index contributed by atoms with van der Waals surface area (Å²) in [6, 6.07) is 4.41. The average molecular weight is 513 g/mol. The standard InChI is InChI=1S/C22H26Cl2N4O4S/c1-22(2,3)15-11-12(20(30)28-9-7-16(29)25-8-10-28)19(33-15)27-21(31)26-13-5-6-14(32-4)18(24)17(13)23/h5-6,11H,7-10H2,1-4H3,(H,25,29)(H2,26,27,31). The van der Waals surface area contributed by atoms with Crippen molar-refractivity contribution in [1.82, 2.24) is 10.2 Å². The topological polar surface area (TPSA) is 99.8 Å². The van der Waals surface area contributed by atoms with Crippen LogP contribution in [0, 0.1) is 0 Å². The van der Waals surface area contributed by atoms with Crippen molar-refractivity contribution in [3.05, 3.63) is 38.7 Å². The average Bonchev–Trinajstić information content (AvgIpc) is 3.05. The molecule has 1 aromatic heterocycles. The van der Waals surface area contributed by atoms with Gasteiger partial charge in [-0.2, -0.15) is 0 Å². The van der Waals surface area contributed by atoms with E-state index in [1.165, 1.54) is 18.4 Å². The lowest BCUT2D eigenvalue weighted by Crippen LogP contribution is -2.34. The van der Waals surface area contributed by atoms with Crippen LogP contribution in [0.1, 0.15) is 42.4 Å². The number of methoxy groups -OCH3 is 1. The fourth-order valence-corrected chi connectivity index (χ4v) is 4.74. The molecule has 2 aromatic rings. The zero-order valence-corrected chi connectivity index (χ0v) is 21.1. The van der Waals surface area contributed by atoms with Crippen molar-refractivity contribution < 1.29 is 19.1 Å². The first-order chi connectivity index (χ1) is 15.5. The molecule has 2 heterocycles. The zero-order valence-electron chi connectivity index (χ0n) is 18.8. The van der Waals surface area contributed by atoms with Crippen molar-refractivity contribution in [1.29, 1.82) is 0 Å². The van der Waals surface area contributed by atoms with Crippen molar-refractivity contribution in [2.45, 2.75) is 32.6 Å². The molecule has 0 bridgehead atoms. The van der Waals surface area contributed by atoms with Crippen molar-refractivity contribution >= 4 is 63.1 Å². The molecular weight excluding hydrogens is 487 g/mol. The third-order valence-corrected chi connectivity index (χ3v) is 7.38. The second kappa shape index (κ2) is 10.2. The second-order valence-corrected chi connectivity index (χ2v) is 10.3. The van der Waals surface area contributed by atoms with Crippen LogP contribution in [0.4, 0.5) is 15.5 Å². The highest BCUT2D eigenvalue weighted by molar-refractivity contribution is 7.16. The zero-order chi connectivity index (χ0) is 24.3. The number of hydrogen-bond acceptors (Lipinski definition) is 5. The molecular formula is C22H26Cl2N4O4S. The van der Waals surface area contributed by atoms with Gasteiger partial charge in [-0.25, -0.2) is 4.79 Å². The predicted molar refractivity (Wildman–Crippen MR) is 132 cm³/mol. The fraction of sp³-hybridized carbons (Fsp3) is 0.409. The third kappa shape index (κ3) is 5.90. The minimum Gasteiger partial charge on any atom is -0.495 e. The molecule has 0 spiro atoms. The van der Waals surface area contributed by atoms with E-state index in [-0.39, 0.29) is 33.7 Å². The Hall–Kier alpha value is -2.49. The molecule has 33 heavy (non-hydrogen) atoms. The summed E-state index contributed by atoms with van der Waals surface area (Å²) in [5.41, 5.74) is 0.463. The van der Waals surface area contributed by atoms with Crippen LogP contribution in [0.15, 0.2) is 18.2 Å². The smallest absolute Gasteiger partial charge is 0.324 e. The minimum absolute atomic E-state index is 0.0845. The van der Waals surface area contributed by atoms with Crippen molar-refractivity contribution in [3.8, 4) is 5.75 Å². The number of amides is 4. The van der Waals surface area contributed by atoms with E-state index in [0.29, 0.717) is 41.6 Å². The van der Waals surface area contributed by atoms with E-state index in [9.17, 15) is 14.4 Å². The largest absolute Gasteiger partial charge is 0.495 e. The summed E-state index contributed by atoms with van der Waals surface area (Å²) in [5.74, 6) is 0.0665. The summed E-state index contributed by atoms with van der Waals surface area (Å²) in [6.45, 7) is 7.20. The van der Waals surface area contributed by atoms with Gasteiger partial charge >= 0.3 is 6.03 Å². The molecule has 0 aliphatic carbocycles. The van der Waals surface area contributed by atoms with Gasteiger partial charge in [-0.05, 0) is 23.6 Å². The van der Waals surface area contributed by atoms with Gasteiger partial charge < -0.3 is 20.3 Å². The van der Waals surface area contributed by atoms with Crippen LogP contribution in [0.3, 0.4) is 0 Å². The number of carbonyl (C=O) groups excluding carboxylic acids is 3. The number of urea groups is 1. The van der Waals surface area contributed by atoms with Crippen LogP contribution >= 0.6 is 34.5 Å². The maximum absolute atomic E-state index is 13.3. The van der Waals surface area contributed by atoms with Gasteiger partial charge in [0.2, 0.25) is 5.91 Å². The van der Waals surface area contributed by atoms with Crippen LogP contribution in [0.2, 0.25) is 10.0 Å². The Morgan fingerprint density at radius 3 is 2.55 bits per heavy atom. The molecule has 0 unspecified atom stereocenters. The molecule has 3 N–H and O–H groups in total. The van der Waals surface area contributed by atoms with Crippen LogP contribution < -0.4 is 20.7 Å². The number of rotatable bonds is 4. The third-order valence-electron chi connectivity index (χ3n) is 5.04. The molecule has 1 aliphatic rings. The van der Waals surface area contributed by atoms with Gasteiger partial charge in [0.15, 0.2) is 0 Å². The quantitative estimate of drug-likeness (QED) is 0.538. The van der Waals surface area contributed by atoms with E-state index in [1.54, 1.807) is 23.1 Å². The molecule has 3 rings (SSSR count). The van der Waals surface area contributed by atoms with Gasteiger partial charge in [-0.1, -0.05) is 44.0 Å². The molecule has 11 heteroatoms. The molecule has 1 fully saturated rings. The molecule has 0 atom stereocenters. The molecule has 1 saturated heterocycles. The number of ether oxygens (including phenoxy) is 1. The maximum Gasteiger partial charge on any atom is 0.324 e. The summed E-state index contributed by atoms with van der Waals surface area (Å²) in [6.07, 6.45) is 0.238. The highest BCUT2D eigenvalue weighted by Crippen LogP contribution is 2.39. The Morgan fingerprint density at radius 1 is 1.15 bits per heavy atom. The Bertz CT molecular complexity index is 1080. The number of thiophene rings is 1. The molecule has 4 amide bonds. The first-order valence-corrected chi connectivity index (χ1v) is 11.9. The summed E-state index contributed by atoms with van der Waals surface area (Å²) in [7, 11) is 1.47. The molecule has 178 valence electrons. The van der Waals surface area contributed by atoms with E-state index in [2.05, 4.69) is 16.0 Å². The lowest BCUT2D eigenvalue weighted by Gasteiger charge is -2.20. The Kier molecular flexibility index (Phi) is 7.76.